The van der Waals surface area contributed by atoms with Crippen LogP contribution in [0.25, 0.3) is 0 Å². The molecule has 0 saturated heterocycles. The van der Waals surface area contributed by atoms with E-state index in [2.05, 4.69) is 0 Å². The summed E-state index contributed by atoms with van der Waals surface area (Å²) in [7, 11) is -5.33. The molecule has 0 atom stereocenters. The molecule has 3 N–H and O–H groups in total. The van der Waals surface area contributed by atoms with Crippen molar-refractivity contribution < 1.29 is 29.7 Å². The van der Waals surface area contributed by atoms with Gasteiger partial charge in [-0.2, -0.15) is 0 Å². The average molecular weight is 354 g/mol. The van der Waals surface area contributed by atoms with E-state index in [-0.39, 0.29) is 21.9 Å². The molecule has 128 valence electrons. The summed E-state index contributed by atoms with van der Waals surface area (Å²) in [4.78, 5) is 53.0. The summed E-state index contributed by atoms with van der Waals surface area (Å²) in [5.74, 6) is 0. The first-order valence-corrected chi connectivity index (χ1v) is 9.19. The molecular weight excluding hydrogens is 339 g/mol. The molecule has 0 heterocycles. The number of benzene rings is 2. The van der Waals surface area contributed by atoms with E-state index in [0.717, 1.165) is 0 Å². The van der Waals surface area contributed by atoms with Gasteiger partial charge in [0, 0.05) is 0 Å². The van der Waals surface area contributed by atoms with E-state index in [1.165, 1.54) is 48.5 Å². The third-order valence-electron chi connectivity index (χ3n) is 3.31. The van der Waals surface area contributed by atoms with E-state index in [4.69, 9.17) is 5.21 Å². The molecular formula is C14H15N2O7P. The predicted octanol–water partition coefficient (Wildman–Crippen LogP) is 1.74. The SMILES string of the molecule is O=[N+]([O-])c1ccc(CP([O-])(O)(O)Cc2ccc([N+](=O)O)cc2)cc1. The third kappa shape index (κ3) is 4.77. The molecule has 0 radical (unpaired) electrons. The number of hydrogen-bond acceptors (Lipinski definition) is 6. The molecule has 2 rings (SSSR count). The average Bonchev–Trinajstić information content (AvgIpc) is 2.46. The third-order valence-corrected chi connectivity index (χ3v) is 5.31. The van der Waals surface area contributed by atoms with Crippen LogP contribution in [-0.4, -0.2) is 24.8 Å². The molecule has 0 saturated carbocycles. The number of nitrogens with zero attached hydrogens (tertiary/aromatic N) is 2. The van der Waals surface area contributed by atoms with Crippen molar-refractivity contribution in [1.82, 2.24) is 0 Å². The van der Waals surface area contributed by atoms with E-state index in [1.807, 2.05) is 0 Å². The molecule has 0 spiro atoms. The summed E-state index contributed by atoms with van der Waals surface area (Å²) in [6.45, 7) is 0. The van der Waals surface area contributed by atoms with Gasteiger partial charge in [-0.05, 0) is 0 Å². The molecule has 0 fully saturated rings. The van der Waals surface area contributed by atoms with Gasteiger partial charge in [0.1, 0.15) is 0 Å². The first-order valence-electron chi connectivity index (χ1n) is 6.76. The monoisotopic (exact) mass is 354 g/mol. The minimum absolute atomic E-state index is 0.0591. The fraction of sp³-hybridized carbons (Fsp3) is 0.143. The van der Waals surface area contributed by atoms with E-state index in [0.29, 0.717) is 5.56 Å². The van der Waals surface area contributed by atoms with Crippen LogP contribution in [0.2, 0.25) is 0 Å². The molecule has 2 aromatic rings. The maximum absolute atomic E-state index is 12.4. The Bertz CT molecular complexity index is 703. The Balaban J connectivity index is 2.16. The predicted molar refractivity (Wildman–Crippen MR) is 83.4 cm³/mol. The summed E-state index contributed by atoms with van der Waals surface area (Å²) in [6.07, 6.45) is -1.13. The number of nitro benzene ring substituents is 1. The van der Waals surface area contributed by atoms with E-state index in [9.17, 15) is 29.7 Å². The summed E-state index contributed by atoms with van der Waals surface area (Å²) >= 11 is 0. The zero-order valence-electron chi connectivity index (χ0n) is 12.3. The molecule has 10 heteroatoms. The molecule has 0 amide bonds. The van der Waals surface area contributed by atoms with Gasteiger partial charge in [0.05, 0.1) is 0 Å². The Hall–Kier alpha value is -2.45. The van der Waals surface area contributed by atoms with Crippen molar-refractivity contribution >= 4 is 18.7 Å². The van der Waals surface area contributed by atoms with Crippen molar-refractivity contribution in [3.05, 3.63) is 74.7 Å². The van der Waals surface area contributed by atoms with Crippen LogP contribution < -0.4 is 4.89 Å². The van der Waals surface area contributed by atoms with Gasteiger partial charge in [-0.15, -0.1) is 0 Å². The Morgan fingerprint density at radius 3 is 1.54 bits per heavy atom. The van der Waals surface area contributed by atoms with Crippen LogP contribution in [0.5, 0.6) is 0 Å². The van der Waals surface area contributed by atoms with E-state index >= 15 is 0 Å². The van der Waals surface area contributed by atoms with Gasteiger partial charge in [0.2, 0.25) is 0 Å². The molecule has 0 aliphatic carbocycles. The molecule has 0 aliphatic rings. The maximum atomic E-state index is 12.4. The normalized spacial score (nSPS) is 13.0. The van der Waals surface area contributed by atoms with Crippen LogP contribution in [0.3, 0.4) is 0 Å². The second-order valence-corrected chi connectivity index (χ2v) is 8.71. The van der Waals surface area contributed by atoms with Crippen LogP contribution in [0.4, 0.5) is 11.4 Å². The van der Waals surface area contributed by atoms with E-state index in [1.54, 1.807) is 0 Å². The molecule has 0 aromatic heterocycles. The molecule has 0 bridgehead atoms. The fourth-order valence-electron chi connectivity index (χ4n) is 2.24. The number of rotatable bonds is 6. The van der Waals surface area contributed by atoms with Gasteiger partial charge in [-0.3, -0.25) is 0 Å². The van der Waals surface area contributed by atoms with Crippen molar-refractivity contribution in [2.24, 2.45) is 0 Å². The standard InChI is InChI=1S/C14H15N2O7P/c17-15(18)13-5-1-11(2-6-13)9-24(21,22,23)10-12-3-7-14(8-4-12)16(19)20/h1-8,21-22H,9-10H2,(H,17,18). The Labute approximate surface area is 136 Å². The van der Waals surface area contributed by atoms with Crippen LogP contribution in [0, 0.1) is 15.0 Å². The van der Waals surface area contributed by atoms with Crippen molar-refractivity contribution in [2.75, 3.05) is 0 Å². The van der Waals surface area contributed by atoms with Crippen molar-refractivity contribution in [3.8, 4) is 0 Å². The van der Waals surface area contributed by atoms with Crippen LogP contribution in [-0.2, 0) is 12.3 Å². The summed E-state index contributed by atoms with van der Waals surface area (Å²) in [6, 6.07) is 10.1. The Morgan fingerprint density at radius 1 is 0.833 bits per heavy atom. The first-order chi connectivity index (χ1) is 11.0. The zero-order chi connectivity index (χ0) is 18.0. The number of hydrogen-bond donors (Lipinski definition) is 3. The van der Waals surface area contributed by atoms with Crippen molar-refractivity contribution in [3.63, 3.8) is 0 Å². The van der Waals surface area contributed by atoms with Crippen molar-refractivity contribution in [1.29, 1.82) is 0 Å². The van der Waals surface area contributed by atoms with Gasteiger partial charge in [-0.25, -0.2) is 0 Å². The van der Waals surface area contributed by atoms with Crippen LogP contribution >= 0.6 is 7.28 Å². The van der Waals surface area contributed by atoms with Crippen LogP contribution in [0.15, 0.2) is 48.5 Å². The summed E-state index contributed by atoms with van der Waals surface area (Å²) in [5.41, 5.74) is 0.343. The summed E-state index contributed by atoms with van der Waals surface area (Å²) < 4.78 is 0. The van der Waals surface area contributed by atoms with Gasteiger partial charge in [0.25, 0.3) is 0 Å². The molecule has 0 unspecified atom stereocenters. The first kappa shape index (κ1) is 17.9. The topological polar surface area (TPSA) is 147 Å². The minimum atomic E-state index is -5.33. The van der Waals surface area contributed by atoms with Crippen LogP contribution in [0.1, 0.15) is 11.1 Å². The van der Waals surface area contributed by atoms with Gasteiger partial charge in [-0.1, -0.05) is 0 Å². The quantitative estimate of drug-likeness (QED) is 0.406. The second kappa shape index (κ2) is 6.21. The van der Waals surface area contributed by atoms with Crippen molar-refractivity contribution in [2.45, 2.75) is 12.3 Å². The molecule has 2 aromatic carbocycles. The second-order valence-electron chi connectivity index (χ2n) is 5.48. The molecule has 24 heavy (non-hydrogen) atoms. The molecule has 0 aliphatic heterocycles. The zero-order valence-corrected chi connectivity index (χ0v) is 13.2. The van der Waals surface area contributed by atoms with Gasteiger partial charge < -0.3 is 0 Å². The van der Waals surface area contributed by atoms with Gasteiger partial charge >= 0.3 is 135 Å². The molecule has 9 nitrogen and oxygen atoms in total. The Morgan fingerprint density at radius 2 is 1.21 bits per heavy atom. The van der Waals surface area contributed by atoms with Gasteiger partial charge in [0.15, 0.2) is 0 Å². The summed E-state index contributed by atoms with van der Waals surface area (Å²) in [5, 5.41) is 19.3. The number of nitro groups is 1. The fourth-order valence-corrected chi connectivity index (χ4v) is 4.24. The number of non-ortho nitro benzene ring substituents is 1. The van der Waals surface area contributed by atoms with E-state index < -0.39 is 24.5 Å². The Kier molecular flexibility index (Phi) is 4.63.